The number of nitro groups is 1. The molecule has 3 aromatic carbocycles. The molecule has 5 heteroatoms. The first-order chi connectivity index (χ1) is 13.7. The molecule has 0 aliphatic heterocycles. The lowest BCUT2D eigenvalue weighted by atomic mass is 10.1. The number of nitrogens with zero attached hydrogens (tertiary/aromatic N) is 2. The molecule has 5 nitrogen and oxygen atoms in total. The molecule has 3 rings (SSSR count). The number of benzene rings is 3. The number of hydrogen-bond donors (Lipinski definition) is 1. The van der Waals surface area contributed by atoms with Gasteiger partial charge in [-0.1, -0.05) is 84.9 Å². The molecule has 1 N–H and O–H groups in total. The van der Waals surface area contributed by atoms with Gasteiger partial charge >= 0.3 is 0 Å². The van der Waals surface area contributed by atoms with Gasteiger partial charge in [-0.05, 0) is 29.3 Å². The van der Waals surface area contributed by atoms with Gasteiger partial charge in [-0.3, -0.25) is 15.5 Å². The molecule has 0 unspecified atom stereocenters. The molecule has 138 valence electrons. The van der Waals surface area contributed by atoms with E-state index < -0.39 is 4.92 Å². The molecule has 0 atom stereocenters. The number of allylic oxidation sites excluding steroid dienone is 2. The molecule has 0 amide bonds. The van der Waals surface area contributed by atoms with Gasteiger partial charge in [-0.25, -0.2) is 0 Å². The normalized spacial score (nSPS) is 10.9. The van der Waals surface area contributed by atoms with E-state index in [0.717, 1.165) is 11.1 Å². The SMILES string of the molecule is O=[N+]([O-])c1ccccc1NN=C(C=Cc1ccccc1)C=Cc1ccccc1. The molecule has 0 heterocycles. The molecule has 0 aliphatic rings. The summed E-state index contributed by atoms with van der Waals surface area (Å²) in [5.74, 6) is 0. The Bertz CT molecular complexity index is 959. The highest BCUT2D eigenvalue weighted by Crippen LogP contribution is 2.23. The van der Waals surface area contributed by atoms with Crippen LogP contribution in [0.15, 0.2) is 102 Å². The van der Waals surface area contributed by atoms with Gasteiger partial charge in [0.05, 0.1) is 10.6 Å². The van der Waals surface area contributed by atoms with E-state index in [0.29, 0.717) is 11.4 Å². The van der Waals surface area contributed by atoms with E-state index in [1.165, 1.54) is 6.07 Å². The Morgan fingerprint density at radius 2 is 1.29 bits per heavy atom. The number of nitro benzene ring substituents is 1. The molecule has 0 fully saturated rings. The second kappa shape index (κ2) is 9.64. The minimum Gasteiger partial charge on any atom is -0.271 e. The maximum atomic E-state index is 11.2. The van der Waals surface area contributed by atoms with Gasteiger partial charge < -0.3 is 0 Å². The summed E-state index contributed by atoms with van der Waals surface area (Å²) >= 11 is 0. The highest BCUT2D eigenvalue weighted by atomic mass is 16.6. The largest absolute Gasteiger partial charge is 0.294 e. The second-order valence-corrected chi connectivity index (χ2v) is 5.91. The van der Waals surface area contributed by atoms with E-state index in [1.54, 1.807) is 18.2 Å². The van der Waals surface area contributed by atoms with E-state index in [4.69, 9.17) is 0 Å². The molecular weight excluding hydrogens is 350 g/mol. The topological polar surface area (TPSA) is 67.5 Å². The molecule has 28 heavy (non-hydrogen) atoms. The van der Waals surface area contributed by atoms with Gasteiger partial charge in [0.25, 0.3) is 5.69 Å². The second-order valence-electron chi connectivity index (χ2n) is 5.91. The first kappa shape index (κ1) is 18.8. The summed E-state index contributed by atoms with van der Waals surface area (Å²) in [7, 11) is 0. The van der Waals surface area contributed by atoms with E-state index >= 15 is 0 Å². The van der Waals surface area contributed by atoms with Crippen molar-refractivity contribution in [3.63, 3.8) is 0 Å². The van der Waals surface area contributed by atoms with Crippen molar-refractivity contribution in [2.45, 2.75) is 0 Å². The van der Waals surface area contributed by atoms with Crippen molar-refractivity contribution in [1.29, 1.82) is 0 Å². The van der Waals surface area contributed by atoms with Gasteiger partial charge in [0.1, 0.15) is 5.69 Å². The molecule has 0 bridgehead atoms. The van der Waals surface area contributed by atoms with Crippen LogP contribution < -0.4 is 5.43 Å². The number of nitrogens with one attached hydrogen (secondary N) is 1. The summed E-state index contributed by atoms with van der Waals surface area (Å²) in [5, 5.41) is 15.5. The van der Waals surface area contributed by atoms with Gasteiger partial charge in [0, 0.05) is 6.07 Å². The summed E-state index contributed by atoms with van der Waals surface area (Å²) in [4.78, 5) is 10.7. The monoisotopic (exact) mass is 369 g/mol. The standard InChI is InChI=1S/C23H19N3O2/c27-26(28)23-14-8-7-13-22(23)25-24-21(17-15-19-9-3-1-4-10-19)18-16-20-11-5-2-6-12-20/h1-18,25H. The fourth-order valence-corrected chi connectivity index (χ4v) is 2.47. The van der Waals surface area contributed by atoms with Crippen molar-refractivity contribution in [3.05, 3.63) is 118 Å². The molecule has 0 saturated carbocycles. The number of anilines is 1. The molecular formula is C23H19N3O2. The predicted molar refractivity (Wildman–Crippen MR) is 115 cm³/mol. The summed E-state index contributed by atoms with van der Waals surface area (Å²) in [6.07, 6.45) is 7.59. The van der Waals surface area contributed by atoms with Crippen LogP contribution in [-0.2, 0) is 0 Å². The van der Waals surface area contributed by atoms with Gasteiger partial charge in [-0.15, -0.1) is 0 Å². The fraction of sp³-hybridized carbons (Fsp3) is 0. The van der Waals surface area contributed by atoms with Crippen LogP contribution in [-0.4, -0.2) is 10.6 Å². The Labute approximate surface area is 163 Å². The van der Waals surface area contributed by atoms with Crippen molar-refractivity contribution in [3.8, 4) is 0 Å². The Kier molecular flexibility index (Phi) is 6.47. The highest BCUT2D eigenvalue weighted by Gasteiger charge is 2.11. The van der Waals surface area contributed by atoms with E-state index in [-0.39, 0.29) is 5.69 Å². The Morgan fingerprint density at radius 1 is 0.786 bits per heavy atom. The first-order valence-electron chi connectivity index (χ1n) is 8.76. The molecule has 3 aromatic rings. The van der Waals surface area contributed by atoms with Crippen LogP contribution in [0.1, 0.15) is 11.1 Å². The van der Waals surface area contributed by atoms with E-state index in [2.05, 4.69) is 10.5 Å². The van der Waals surface area contributed by atoms with Crippen molar-refractivity contribution in [1.82, 2.24) is 0 Å². The average Bonchev–Trinajstić information content (AvgIpc) is 2.75. The third kappa shape index (κ3) is 5.51. The lowest BCUT2D eigenvalue weighted by Crippen LogP contribution is -1.99. The van der Waals surface area contributed by atoms with E-state index in [9.17, 15) is 10.1 Å². The van der Waals surface area contributed by atoms with Crippen molar-refractivity contribution in [2.75, 3.05) is 5.43 Å². The first-order valence-corrected chi connectivity index (χ1v) is 8.76. The quantitative estimate of drug-likeness (QED) is 0.326. The van der Waals surface area contributed by atoms with Crippen LogP contribution in [0.4, 0.5) is 11.4 Å². The zero-order chi connectivity index (χ0) is 19.6. The lowest BCUT2D eigenvalue weighted by Gasteiger charge is -2.03. The van der Waals surface area contributed by atoms with Crippen LogP contribution in [0.25, 0.3) is 12.2 Å². The highest BCUT2D eigenvalue weighted by molar-refractivity contribution is 6.09. The maximum Gasteiger partial charge on any atom is 0.294 e. The zero-order valence-corrected chi connectivity index (χ0v) is 15.1. The van der Waals surface area contributed by atoms with Gasteiger partial charge in [0.15, 0.2) is 0 Å². The Morgan fingerprint density at radius 3 is 1.82 bits per heavy atom. The molecule has 0 spiro atoms. The molecule has 0 aliphatic carbocycles. The lowest BCUT2D eigenvalue weighted by molar-refractivity contribution is -0.384. The van der Waals surface area contributed by atoms with Crippen molar-refractivity contribution < 1.29 is 4.92 Å². The van der Waals surface area contributed by atoms with E-state index in [1.807, 2.05) is 85.0 Å². The minimum atomic E-state index is -0.433. The van der Waals surface area contributed by atoms with Gasteiger partial charge in [0.2, 0.25) is 0 Å². The maximum absolute atomic E-state index is 11.2. The zero-order valence-electron chi connectivity index (χ0n) is 15.1. The van der Waals surface area contributed by atoms with Gasteiger partial charge in [-0.2, -0.15) is 5.10 Å². The predicted octanol–water partition coefficient (Wildman–Crippen LogP) is 5.79. The summed E-state index contributed by atoms with van der Waals surface area (Å²) < 4.78 is 0. The smallest absolute Gasteiger partial charge is 0.271 e. The van der Waals surface area contributed by atoms with Crippen LogP contribution in [0, 0.1) is 10.1 Å². The Balaban J connectivity index is 1.87. The number of rotatable bonds is 7. The number of hydrazone groups is 1. The summed E-state index contributed by atoms with van der Waals surface area (Å²) in [5.41, 5.74) is 5.83. The molecule has 0 radical (unpaired) electrons. The number of para-hydroxylation sites is 2. The van der Waals surface area contributed by atoms with Crippen LogP contribution in [0.5, 0.6) is 0 Å². The van der Waals surface area contributed by atoms with Crippen LogP contribution in [0.3, 0.4) is 0 Å². The van der Waals surface area contributed by atoms with Crippen molar-refractivity contribution in [2.24, 2.45) is 5.10 Å². The van der Waals surface area contributed by atoms with Crippen LogP contribution in [0.2, 0.25) is 0 Å². The molecule has 0 saturated heterocycles. The van der Waals surface area contributed by atoms with Crippen LogP contribution >= 0.6 is 0 Å². The number of hydrogen-bond acceptors (Lipinski definition) is 4. The average molecular weight is 369 g/mol. The fourth-order valence-electron chi connectivity index (χ4n) is 2.47. The minimum absolute atomic E-state index is 0.0234. The summed E-state index contributed by atoms with van der Waals surface area (Å²) in [6, 6.07) is 26.1. The third-order valence-corrected chi connectivity index (χ3v) is 3.90. The molecule has 0 aromatic heterocycles. The third-order valence-electron chi connectivity index (χ3n) is 3.90. The Hall–Kier alpha value is -3.99. The summed E-state index contributed by atoms with van der Waals surface area (Å²) in [6.45, 7) is 0. The van der Waals surface area contributed by atoms with Crippen molar-refractivity contribution >= 4 is 29.2 Å².